The topological polar surface area (TPSA) is 61.7 Å². The van der Waals surface area contributed by atoms with Crippen LogP contribution in [-0.4, -0.2) is 16.2 Å². The molecular weight excluding hydrogens is 424 g/mol. The predicted octanol–water partition coefficient (Wildman–Crippen LogP) is 5.26. The van der Waals surface area contributed by atoms with Crippen molar-refractivity contribution in [3.63, 3.8) is 0 Å². The zero-order chi connectivity index (χ0) is 18.0. The van der Waals surface area contributed by atoms with Crippen molar-refractivity contribution in [3.05, 3.63) is 61.9 Å². The molecule has 7 heteroatoms. The lowest BCUT2D eigenvalue weighted by molar-refractivity contribution is -0.115. The highest BCUT2D eigenvalue weighted by Gasteiger charge is 2.24. The first kappa shape index (κ1) is 18.0. The normalized spacial score (nSPS) is 17.3. The van der Waals surface area contributed by atoms with Crippen LogP contribution >= 0.6 is 39.3 Å². The maximum Gasteiger partial charge on any atom is 0.264 e. The molecule has 0 radical (unpaired) electrons. The van der Waals surface area contributed by atoms with Crippen molar-refractivity contribution in [1.29, 1.82) is 0 Å². The Morgan fingerprint density at radius 1 is 1.32 bits per heavy atom. The number of benzene rings is 2. The molecule has 4 nitrogen and oxygen atoms in total. The molecule has 2 N–H and O–H groups in total. The Balaban J connectivity index is 1.83. The average molecular weight is 438 g/mol. The Labute approximate surface area is 163 Å². The van der Waals surface area contributed by atoms with Crippen LogP contribution in [0.2, 0.25) is 5.02 Å². The van der Waals surface area contributed by atoms with E-state index < -0.39 is 0 Å². The number of hydrogen-bond donors (Lipinski definition) is 2. The summed E-state index contributed by atoms with van der Waals surface area (Å²) in [6.45, 7) is 2.10. The van der Waals surface area contributed by atoms with Gasteiger partial charge in [-0.3, -0.25) is 4.79 Å². The molecule has 0 unspecified atom stereocenters. The van der Waals surface area contributed by atoms with Gasteiger partial charge >= 0.3 is 0 Å². The second-order valence-corrected chi connectivity index (χ2v) is 7.63. The van der Waals surface area contributed by atoms with Gasteiger partial charge in [-0.1, -0.05) is 30.7 Å². The third-order valence-corrected chi connectivity index (χ3v) is 5.37. The quantitative estimate of drug-likeness (QED) is 0.644. The number of nitrogens with zero attached hydrogens (tertiary/aromatic N) is 1. The Kier molecular flexibility index (Phi) is 5.51. The summed E-state index contributed by atoms with van der Waals surface area (Å²) in [5.74, 6) is -0.237. The number of aromatic hydroxyl groups is 1. The molecular formula is C18H14BrClN2O2S. The fraction of sp³-hybridized carbons (Fsp3) is 0.111. The number of aryl methyl sites for hydroxylation is 1. The Morgan fingerprint density at radius 2 is 2.04 bits per heavy atom. The number of phenols is 1. The van der Waals surface area contributed by atoms with Crippen LogP contribution in [0.3, 0.4) is 0 Å². The van der Waals surface area contributed by atoms with Gasteiger partial charge < -0.3 is 10.4 Å². The molecule has 2 aromatic rings. The number of thioether (sulfide) groups is 1. The third kappa shape index (κ3) is 4.26. The summed E-state index contributed by atoms with van der Waals surface area (Å²) in [7, 11) is 0. The molecule has 128 valence electrons. The highest BCUT2D eigenvalue weighted by molar-refractivity contribution is 9.10. The van der Waals surface area contributed by atoms with Crippen molar-refractivity contribution in [3.8, 4) is 5.75 Å². The molecule has 1 aliphatic heterocycles. The minimum Gasteiger partial charge on any atom is -0.505 e. The van der Waals surface area contributed by atoms with E-state index >= 15 is 0 Å². The van der Waals surface area contributed by atoms with E-state index in [4.69, 9.17) is 11.6 Å². The smallest absolute Gasteiger partial charge is 0.264 e. The first-order valence-corrected chi connectivity index (χ1v) is 9.51. The van der Waals surface area contributed by atoms with E-state index in [1.54, 1.807) is 18.2 Å². The predicted molar refractivity (Wildman–Crippen MR) is 107 cm³/mol. The lowest BCUT2D eigenvalue weighted by Crippen LogP contribution is -2.19. The van der Waals surface area contributed by atoms with Gasteiger partial charge in [-0.2, -0.15) is 0 Å². The molecule has 0 spiro atoms. The molecule has 0 saturated carbocycles. The van der Waals surface area contributed by atoms with Gasteiger partial charge in [0.2, 0.25) is 0 Å². The van der Waals surface area contributed by atoms with Crippen LogP contribution in [-0.2, 0) is 11.2 Å². The van der Waals surface area contributed by atoms with Gasteiger partial charge in [0.25, 0.3) is 5.91 Å². The van der Waals surface area contributed by atoms with Gasteiger partial charge in [-0.25, -0.2) is 4.99 Å². The number of amidine groups is 1. The lowest BCUT2D eigenvalue weighted by atomic mass is 10.2. The van der Waals surface area contributed by atoms with E-state index in [1.807, 2.05) is 24.3 Å². The molecule has 1 saturated heterocycles. The molecule has 0 aromatic heterocycles. The van der Waals surface area contributed by atoms with E-state index in [-0.39, 0.29) is 16.7 Å². The molecule has 25 heavy (non-hydrogen) atoms. The van der Waals surface area contributed by atoms with Crippen LogP contribution in [0.4, 0.5) is 5.69 Å². The first-order valence-electron chi connectivity index (χ1n) is 7.53. The number of aliphatic imine (C=N–C) groups is 1. The lowest BCUT2D eigenvalue weighted by Gasteiger charge is -2.02. The van der Waals surface area contributed by atoms with Gasteiger partial charge in [-0.05, 0) is 75.6 Å². The summed E-state index contributed by atoms with van der Waals surface area (Å²) in [6.07, 6.45) is 2.68. The zero-order valence-corrected chi connectivity index (χ0v) is 16.4. The van der Waals surface area contributed by atoms with E-state index in [0.717, 1.165) is 12.1 Å². The molecule has 1 amide bonds. The first-order chi connectivity index (χ1) is 12.0. The highest BCUT2D eigenvalue weighted by Crippen LogP contribution is 2.35. The van der Waals surface area contributed by atoms with Crippen molar-refractivity contribution in [2.75, 3.05) is 0 Å². The zero-order valence-electron chi connectivity index (χ0n) is 13.2. The summed E-state index contributed by atoms with van der Waals surface area (Å²) >= 11 is 10.5. The molecule has 0 aliphatic carbocycles. The monoisotopic (exact) mass is 436 g/mol. The van der Waals surface area contributed by atoms with E-state index in [1.165, 1.54) is 17.3 Å². The number of hydrogen-bond acceptors (Lipinski definition) is 4. The van der Waals surface area contributed by atoms with Crippen LogP contribution in [0, 0.1) is 0 Å². The number of phenolic OH excluding ortho intramolecular Hbond substituents is 1. The number of carbonyl (C=O) groups excluding carboxylic acids is 1. The van der Waals surface area contributed by atoms with E-state index in [9.17, 15) is 9.90 Å². The number of halogens is 2. The second-order valence-electron chi connectivity index (χ2n) is 5.33. The SMILES string of the molecule is CCc1ccc(N=C2NC(=O)/C(=C\c3cc(Cl)c(O)c(Br)c3)S2)cc1. The minimum absolute atomic E-state index is 0.0230. The number of amides is 1. The molecule has 1 fully saturated rings. The van der Waals surface area contributed by atoms with Crippen molar-refractivity contribution >= 4 is 62.1 Å². The van der Waals surface area contributed by atoms with E-state index in [0.29, 0.717) is 20.1 Å². The van der Waals surface area contributed by atoms with Crippen LogP contribution < -0.4 is 5.32 Å². The standard InChI is InChI=1S/C18H14BrClN2O2S/c1-2-10-3-5-12(6-4-10)21-18-22-17(24)15(25-18)9-11-7-13(19)16(23)14(20)8-11/h3-9,23H,2H2,1H3,(H,21,22,24)/b15-9+. The van der Waals surface area contributed by atoms with Gasteiger partial charge in [0, 0.05) is 0 Å². The summed E-state index contributed by atoms with van der Waals surface area (Å²) in [5, 5.41) is 13.2. The average Bonchev–Trinajstić information content (AvgIpc) is 2.92. The maximum absolute atomic E-state index is 12.1. The summed E-state index contributed by atoms with van der Waals surface area (Å²) < 4.78 is 0.472. The number of rotatable bonds is 3. The van der Waals surface area contributed by atoms with Crippen molar-refractivity contribution in [2.45, 2.75) is 13.3 Å². The fourth-order valence-electron chi connectivity index (χ4n) is 2.22. The van der Waals surface area contributed by atoms with Crippen LogP contribution in [0.15, 0.2) is 50.8 Å². The molecule has 3 rings (SSSR count). The van der Waals surface area contributed by atoms with Crippen LogP contribution in [0.1, 0.15) is 18.1 Å². The second kappa shape index (κ2) is 7.64. The largest absolute Gasteiger partial charge is 0.505 e. The Bertz CT molecular complexity index is 871. The molecule has 0 bridgehead atoms. The Hall–Kier alpha value is -1.76. The third-order valence-electron chi connectivity index (χ3n) is 3.56. The molecule has 2 aromatic carbocycles. The summed E-state index contributed by atoms with van der Waals surface area (Å²) in [5.41, 5.74) is 2.74. The van der Waals surface area contributed by atoms with Gasteiger partial charge in [0.05, 0.1) is 20.1 Å². The summed E-state index contributed by atoms with van der Waals surface area (Å²) in [4.78, 5) is 17.1. The van der Waals surface area contributed by atoms with Crippen molar-refractivity contribution in [2.24, 2.45) is 4.99 Å². The Morgan fingerprint density at radius 3 is 2.68 bits per heavy atom. The van der Waals surface area contributed by atoms with Gasteiger partial charge in [-0.15, -0.1) is 0 Å². The molecule has 1 heterocycles. The number of nitrogens with one attached hydrogen (secondary N) is 1. The molecule has 1 aliphatic rings. The van der Waals surface area contributed by atoms with Crippen molar-refractivity contribution in [1.82, 2.24) is 5.32 Å². The minimum atomic E-state index is -0.214. The summed E-state index contributed by atoms with van der Waals surface area (Å²) in [6, 6.07) is 11.2. The van der Waals surface area contributed by atoms with Crippen LogP contribution in [0.25, 0.3) is 6.08 Å². The molecule has 0 atom stereocenters. The highest BCUT2D eigenvalue weighted by atomic mass is 79.9. The van der Waals surface area contributed by atoms with Gasteiger partial charge in [0.1, 0.15) is 5.75 Å². The van der Waals surface area contributed by atoms with E-state index in [2.05, 4.69) is 33.2 Å². The van der Waals surface area contributed by atoms with Crippen LogP contribution in [0.5, 0.6) is 5.75 Å². The number of carbonyl (C=O) groups is 1. The maximum atomic E-state index is 12.1. The van der Waals surface area contributed by atoms with Crippen molar-refractivity contribution < 1.29 is 9.90 Å². The fourth-order valence-corrected chi connectivity index (χ4v) is 3.89. The van der Waals surface area contributed by atoms with Gasteiger partial charge in [0.15, 0.2) is 5.17 Å².